The number of nitrogens with zero attached hydrogens (tertiary/aromatic N) is 3. The lowest BCUT2D eigenvalue weighted by Gasteiger charge is -1.99. The molecule has 0 unspecified atom stereocenters. The normalized spacial score (nSPS) is 12.2. The van der Waals surface area contributed by atoms with Crippen LogP contribution in [0, 0.1) is 6.92 Å². The van der Waals surface area contributed by atoms with Crippen LogP contribution < -0.4 is 4.80 Å². The summed E-state index contributed by atoms with van der Waals surface area (Å²) in [5, 5.41) is 4.36. The van der Waals surface area contributed by atoms with Gasteiger partial charge in [0.15, 0.2) is 10.5 Å². The van der Waals surface area contributed by atoms with Crippen LogP contribution in [-0.4, -0.2) is 15.6 Å². The Morgan fingerprint density at radius 2 is 2.29 bits per heavy atom. The third kappa shape index (κ3) is 2.64. The van der Waals surface area contributed by atoms with Crippen molar-refractivity contribution < 1.29 is 9.32 Å². The molecule has 0 N–H and O–H groups in total. The molecule has 0 fully saturated rings. The fraction of sp³-hybridized carbons (Fsp3) is 0.214. The van der Waals surface area contributed by atoms with Crippen molar-refractivity contribution in [3.63, 3.8) is 0 Å². The first-order valence-corrected chi connectivity index (χ1v) is 7.59. The van der Waals surface area contributed by atoms with Crippen LogP contribution >= 0.6 is 22.9 Å². The fourth-order valence-corrected chi connectivity index (χ4v) is 3.42. The Bertz CT molecular complexity index is 891. The van der Waals surface area contributed by atoms with Gasteiger partial charge in [-0.05, 0) is 32.0 Å². The number of aromatic nitrogens is 2. The van der Waals surface area contributed by atoms with Crippen molar-refractivity contribution in [3.8, 4) is 0 Å². The van der Waals surface area contributed by atoms with Gasteiger partial charge in [-0.3, -0.25) is 4.79 Å². The van der Waals surface area contributed by atoms with E-state index in [1.54, 1.807) is 13.0 Å². The number of fused-ring (bicyclic) bond motifs is 1. The minimum absolute atomic E-state index is 0.214. The first kappa shape index (κ1) is 14.0. The zero-order valence-electron chi connectivity index (χ0n) is 11.5. The predicted octanol–water partition coefficient (Wildman–Crippen LogP) is 3.41. The molecule has 0 aliphatic carbocycles. The van der Waals surface area contributed by atoms with Crippen molar-refractivity contribution >= 4 is 39.1 Å². The molecule has 21 heavy (non-hydrogen) atoms. The summed E-state index contributed by atoms with van der Waals surface area (Å²) in [7, 11) is 0. The lowest BCUT2D eigenvalue weighted by Crippen LogP contribution is -2.15. The Hall–Kier alpha value is -1.92. The van der Waals surface area contributed by atoms with Crippen LogP contribution in [0.15, 0.2) is 33.8 Å². The lowest BCUT2D eigenvalue weighted by molar-refractivity contribution is 0.0989. The third-order valence-electron chi connectivity index (χ3n) is 3.01. The maximum atomic E-state index is 12.1. The van der Waals surface area contributed by atoms with E-state index in [0.29, 0.717) is 22.1 Å². The number of aryl methyl sites for hydroxylation is 2. The van der Waals surface area contributed by atoms with E-state index in [2.05, 4.69) is 10.1 Å². The minimum atomic E-state index is -0.410. The second-order valence-corrected chi connectivity index (χ2v) is 5.93. The molecule has 5 nitrogen and oxygen atoms in total. The van der Waals surface area contributed by atoms with Gasteiger partial charge in [-0.1, -0.05) is 28.1 Å². The number of halogens is 1. The van der Waals surface area contributed by atoms with E-state index in [0.717, 1.165) is 10.2 Å². The van der Waals surface area contributed by atoms with Gasteiger partial charge in [0, 0.05) is 17.6 Å². The molecule has 3 aromatic rings. The average Bonchev–Trinajstić information content (AvgIpc) is 3.01. The van der Waals surface area contributed by atoms with Gasteiger partial charge in [-0.25, -0.2) is 0 Å². The molecule has 108 valence electrons. The number of rotatable bonds is 2. The zero-order valence-corrected chi connectivity index (χ0v) is 13.0. The number of thiazole rings is 1. The van der Waals surface area contributed by atoms with Crippen LogP contribution in [-0.2, 0) is 6.54 Å². The molecule has 0 radical (unpaired) electrons. The Morgan fingerprint density at radius 1 is 1.48 bits per heavy atom. The molecular weight excluding hydrogens is 310 g/mol. The van der Waals surface area contributed by atoms with Crippen molar-refractivity contribution in [2.45, 2.75) is 20.4 Å². The van der Waals surface area contributed by atoms with E-state index in [1.807, 2.05) is 29.7 Å². The SMILES string of the molecule is CCn1c(=NC(=O)c2cc(C)on2)sc2cc(Cl)ccc21. The summed E-state index contributed by atoms with van der Waals surface area (Å²) in [6.45, 7) is 4.45. The monoisotopic (exact) mass is 321 g/mol. The fourth-order valence-electron chi connectivity index (χ4n) is 2.05. The molecule has 0 saturated carbocycles. The number of hydrogen-bond acceptors (Lipinski definition) is 4. The molecule has 7 heteroatoms. The maximum Gasteiger partial charge on any atom is 0.301 e. The van der Waals surface area contributed by atoms with Gasteiger partial charge in [-0.2, -0.15) is 4.99 Å². The van der Waals surface area contributed by atoms with Crippen LogP contribution in [0.4, 0.5) is 0 Å². The van der Waals surface area contributed by atoms with Gasteiger partial charge in [0.05, 0.1) is 10.2 Å². The molecule has 2 heterocycles. The molecule has 0 saturated heterocycles. The van der Waals surface area contributed by atoms with Gasteiger partial charge in [0.1, 0.15) is 5.76 Å². The molecule has 0 spiro atoms. The van der Waals surface area contributed by atoms with E-state index >= 15 is 0 Å². The summed E-state index contributed by atoms with van der Waals surface area (Å²) in [6, 6.07) is 7.21. The van der Waals surface area contributed by atoms with E-state index in [9.17, 15) is 4.79 Å². The maximum absolute atomic E-state index is 12.1. The lowest BCUT2D eigenvalue weighted by atomic mass is 10.3. The van der Waals surface area contributed by atoms with Gasteiger partial charge < -0.3 is 9.09 Å². The third-order valence-corrected chi connectivity index (χ3v) is 4.28. The molecule has 0 aliphatic heterocycles. The summed E-state index contributed by atoms with van der Waals surface area (Å²) in [5.41, 5.74) is 1.22. The molecule has 0 atom stereocenters. The number of carbonyl (C=O) groups excluding carboxylic acids is 1. The van der Waals surface area contributed by atoms with Gasteiger partial charge >= 0.3 is 5.91 Å². The number of hydrogen-bond donors (Lipinski definition) is 0. The first-order valence-electron chi connectivity index (χ1n) is 6.39. The number of carbonyl (C=O) groups is 1. The van der Waals surface area contributed by atoms with Gasteiger partial charge in [0.2, 0.25) is 0 Å². The van der Waals surface area contributed by atoms with E-state index in [4.69, 9.17) is 16.1 Å². The van der Waals surface area contributed by atoms with E-state index in [-0.39, 0.29) is 5.69 Å². The standard InChI is InChI=1S/C14H12ClN3O2S/c1-3-18-11-5-4-9(15)7-12(11)21-14(18)16-13(19)10-6-8(2)20-17-10/h4-7H,3H2,1-2H3. The molecule has 0 aliphatic rings. The summed E-state index contributed by atoms with van der Waals surface area (Å²) >= 11 is 7.43. The summed E-state index contributed by atoms with van der Waals surface area (Å²) in [5.74, 6) is 0.173. The van der Waals surface area contributed by atoms with Crippen LogP contribution in [0.3, 0.4) is 0 Å². The van der Waals surface area contributed by atoms with Crippen LogP contribution in [0.25, 0.3) is 10.2 Å². The first-order chi connectivity index (χ1) is 10.1. The Morgan fingerprint density at radius 3 is 2.95 bits per heavy atom. The number of amides is 1. The average molecular weight is 322 g/mol. The quantitative estimate of drug-likeness (QED) is 0.726. The van der Waals surface area contributed by atoms with E-state index in [1.165, 1.54) is 11.3 Å². The van der Waals surface area contributed by atoms with Crippen molar-refractivity contribution in [2.75, 3.05) is 0 Å². The number of benzene rings is 1. The minimum Gasteiger partial charge on any atom is -0.361 e. The van der Waals surface area contributed by atoms with Crippen molar-refractivity contribution in [3.05, 3.63) is 45.5 Å². The Balaban J connectivity index is 2.15. The highest BCUT2D eigenvalue weighted by Crippen LogP contribution is 2.21. The molecule has 1 amide bonds. The molecular formula is C14H12ClN3O2S. The Labute approximate surface area is 129 Å². The molecule has 1 aromatic carbocycles. The molecule has 0 bridgehead atoms. The molecule has 2 aromatic heterocycles. The topological polar surface area (TPSA) is 60.4 Å². The molecule has 3 rings (SSSR count). The highest BCUT2D eigenvalue weighted by molar-refractivity contribution is 7.16. The summed E-state index contributed by atoms with van der Waals surface area (Å²) in [4.78, 5) is 16.9. The largest absolute Gasteiger partial charge is 0.361 e. The smallest absolute Gasteiger partial charge is 0.301 e. The highest BCUT2D eigenvalue weighted by atomic mass is 35.5. The van der Waals surface area contributed by atoms with Gasteiger partial charge in [0.25, 0.3) is 0 Å². The zero-order chi connectivity index (χ0) is 15.0. The van der Waals surface area contributed by atoms with Crippen LogP contribution in [0.2, 0.25) is 5.02 Å². The second-order valence-electron chi connectivity index (χ2n) is 4.48. The van der Waals surface area contributed by atoms with Crippen molar-refractivity contribution in [2.24, 2.45) is 4.99 Å². The predicted molar refractivity (Wildman–Crippen MR) is 81.6 cm³/mol. The van der Waals surface area contributed by atoms with Crippen LogP contribution in [0.1, 0.15) is 23.2 Å². The van der Waals surface area contributed by atoms with E-state index < -0.39 is 5.91 Å². The Kier molecular flexibility index (Phi) is 3.65. The van der Waals surface area contributed by atoms with Gasteiger partial charge in [-0.15, -0.1) is 0 Å². The van der Waals surface area contributed by atoms with Crippen LogP contribution in [0.5, 0.6) is 0 Å². The summed E-state index contributed by atoms with van der Waals surface area (Å²) < 4.78 is 7.87. The highest BCUT2D eigenvalue weighted by Gasteiger charge is 2.12. The van der Waals surface area contributed by atoms with Crippen molar-refractivity contribution in [1.82, 2.24) is 9.72 Å². The van der Waals surface area contributed by atoms with Crippen molar-refractivity contribution in [1.29, 1.82) is 0 Å². The summed E-state index contributed by atoms with van der Waals surface area (Å²) in [6.07, 6.45) is 0. The second kappa shape index (κ2) is 5.46.